The van der Waals surface area contributed by atoms with Crippen LogP contribution in [0.25, 0.3) is 0 Å². The van der Waals surface area contributed by atoms with Crippen LogP contribution in [0.1, 0.15) is 76.2 Å². The summed E-state index contributed by atoms with van der Waals surface area (Å²) in [6.07, 6.45) is 11.0. The van der Waals surface area contributed by atoms with Crippen molar-refractivity contribution in [2.45, 2.75) is 76.0 Å². The van der Waals surface area contributed by atoms with E-state index < -0.39 is 5.41 Å². The van der Waals surface area contributed by atoms with Crippen LogP contribution in [-0.2, 0) is 19.7 Å². The molecule has 2 saturated carbocycles. The summed E-state index contributed by atoms with van der Waals surface area (Å²) in [5.41, 5.74) is 1.26. The molecule has 0 unspecified atom stereocenters. The zero-order valence-electron chi connectivity index (χ0n) is 20.1. The molecule has 1 saturated heterocycles. The number of imide groups is 1. The molecule has 1 N–H and O–H groups in total. The first kappa shape index (κ1) is 23.3. The maximum atomic E-state index is 13.4. The molecule has 5 rings (SSSR count). The van der Waals surface area contributed by atoms with Crippen molar-refractivity contribution in [2.75, 3.05) is 31.3 Å². The SMILES string of the molecule is O=C(OCN1CCC(CNC(=O)N2C(=O)C3(CCCC3)c3ccccc32)CC1)C1CCCCC1. The minimum atomic E-state index is -0.506. The van der Waals surface area contributed by atoms with E-state index in [1.807, 2.05) is 24.3 Å². The molecular weight excluding hydrogens is 430 g/mol. The molecule has 4 aliphatic rings. The zero-order chi connectivity index (χ0) is 23.5. The zero-order valence-corrected chi connectivity index (χ0v) is 20.1. The number of carbonyl (C=O) groups excluding carboxylic acids is 3. The van der Waals surface area contributed by atoms with E-state index in [0.29, 0.717) is 19.2 Å². The lowest BCUT2D eigenvalue weighted by Crippen LogP contribution is -2.48. The summed E-state index contributed by atoms with van der Waals surface area (Å²) >= 11 is 0. The highest BCUT2D eigenvalue weighted by Gasteiger charge is 2.53. The van der Waals surface area contributed by atoms with Gasteiger partial charge in [0.15, 0.2) is 0 Å². The molecule has 1 aromatic carbocycles. The van der Waals surface area contributed by atoms with Crippen molar-refractivity contribution in [2.24, 2.45) is 11.8 Å². The second-order valence-corrected chi connectivity index (χ2v) is 10.6. The molecule has 0 atom stereocenters. The fraction of sp³-hybridized carbons (Fsp3) is 0.667. The first-order valence-electron chi connectivity index (χ1n) is 13.2. The number of amides is 3. The summed E-state index contributed by atoms with van der Waals surface area (Å²) in [5.74, 6) is 0.355. The number of hydrogen-bond acceptors (Lipinski definition) is 5. The molecule has 3 fully saturated rings. The Hall–Kier alpha value is -2.41. The highest BCUT2D eigenvalue weighted by atomic mass is 16.5. The smallest absolute Gasteiger partial charge is 0.328 e. The van der Waals surface area contributed by atoms with Crippen LogP contribution in [0.4, 0.5) is 10.5 Å². The van der Waals surface area contributed by atoms with Gasteiger partial charge in [-0.25, -0.2) is 9.69 Å². The molecule has 3 amide bonds. The summed E-state index contributed by atoms with van der Waals surface area (Å²) in [6.45, 7) is 2.64. The van der Waals surface area contributed by atoms with Gasteiger partial charge in [-0.15, -0.1) is 0 Å². The van der Waals surface area contributed by atoms with Crippen molar-refractivity contribution < 1.29 is 19.1 Å². The number of likely N-dealkylation sites (tertiary alicyclic amines) is 1. The molecule has 2 aliphatic heterocycles. The van der Waals surface area contributed by atoms with Gasteiger partial charge in [0.1, 0.15) is 6.73 Å². The topological polar surface area (TPSA) is 79.0 Å². The minimum Gasteiger partial charge on any atom is -0.449 e. The minimum absolute atomic E-state index is 0.0373. The Bertz CT molecular complexity index is 912. The van der Waals surface area contributed by atoms with E-state index in [1.54, 1.807) is 0 Å². The monoisotopic (exact) mass is 467 g/mol. The molecule has 2 heterocycles. The molecule has 0 radical (unpaired) electrons. The van der Waals surface area contributed by atoms with E-state index in [1.165, 1.54) is 11.3 Å². The summed E-state index contributed by atoms with van der Waals surface area (Å²) in [4.78, 5) is 42.4. The quantitative estimate of drug-likeness (QED) is 0.652. The molecule has 7 heteroatoms. The largest absolute Gasteiger partial charge is 0.449 e. The van der Waals surface area contributed by atoms with E-state index in [4.69, 9.17) is 4.74 Å². The summed E-state index contributed by atoms with van der Waals surface area (Å²) in [5, 5.41) is 3.04. The number of nitrogens with zero attached hydrogens (tertiary/aromatic N) is 2. The third-order valence-corrected chi connectivity index (χ3v) is 8.51. The maximum Gasteiger partial charge on any atom is 0.328 e. The number of urea groups is 1. The van der Waals surface area contributed by atoms with Crippen LogP contribution in [-0.4, -0.2) is 49.2 Å². The highest BCUT2D eigenvalue weighted by molar-refractivity contribution is 6.22. The predicted octanol–water partition coefficient (Wildman–Crippen LogP) is 4.35. The second-order valence-electron chi connectivity index (χ2n) is 10.6. The van der Waals surface area contributed by atoms with Crippen molar-refractivity contribution in [3.05, 3.63) is 29.8 Å². The highest BCUT2D eigenvalue weighted by Crippen LogP contribution is 2.51. The lowest BCUT2D eigenvalue weighted by atomic mass is 9.80. The van der Waals surface area contributed by atoms with Crippen LogP contribution in [0.15, 0.2) is 24.3 Å². The van der Waals surface area contributed by atoms with Gasteiger partial charge < -0.3 is 10.1 Å². The lowest BCUT2D eigenvalue weighted by Gasteiger charge is -2.32. The maximum absolute atomic E-state index is 13.4. The van der Waals surface area contributed by atoms with Crippen LogP contribution in [0, 0.1) is 11.8 Å². The lowest BCUT2D eigenvalue weighted by molar-refractivity contribution is -0.155. The first-order chi connectivity index (χ1) is 16.6. The number of anilines is 1. The molecule has 7 nitrogen and oxygen atoms in total. The van der Waals surface area contributed by atoms with Gasteiger partial charge in [-0.1, -0.05) is 50.3 Å². The second kappa shape index (κ2) is 10.1. The van der Waals surface area contributed by atoms with Crippen molar-refractivity contribution in [1.82, 2.24) is 10.2 Å². The number of rotatable bonds is 5. The van der Waals surface area contributed by atoms with Gasteiger partial charge in [0, 0.05) is 19.6 Å². The van der Waals surface area contributed by atoms with Crippen LogP contribution >= 0.6 is 0 Å². The van der Waals surface area contributed by atoms with Gasteiger partial charge >= 0.3 is 12.0 Å². The Balaban J connectivity index is 1.09. The van der Waals surface area contributed by atoms with E-state index in [9.17, 15) is 14.4 Å². The Labute approximate surface area is 202 Å². The van der Waals surface area contributed by atoms with Crippen LogP contribution < -0.4 is 10.2 Å². The number of esters is 1. The van der Waals surface area contributed by atoms with Gasteiger partial charge in [0.25, 0.3) is 0 Å². The van der Waals surface area contributed by atoms with Gasteiger partial charge in [-0.3, -0.25) is 14.5 Å². The summed E-state index contributed by atoms with van der Waals surface area (Å²) in [7, 11) is 0. The molecule has 0 aromatic heterocycles. The van der Waals surface area contributed by atoms with Crippen molar-refractivity contribution in [3.63, 3.8) is 0 Å². The van der Waals surface area contributed by atoms with Gasteiger partial charge in [0.2, 0.25) is 5.91 Å². The number of fused-ring (bicyclic) bond motifs is 2. The Kier molecular flexibility index (Phi) is 6.91. The van der Waals surface area contributed by atoms with Crippen LogP contribution in [0.5, 0.6) is 0 Å². The average molecular weight is 468 g/mol. The van der Waals surface area contributed by atoms with Crippen molar-refractivity contribution in [1.29, 1.82) is 0 Å². The Morgan fingerprint density at radius 3 is 2.41 bits per heavy atom. The van der Waals surface area contributed by atoms with E-state index >= 15 is 0 Å². The van der Waals surface area contributed by atoms with Crippen LogP contribution in [0.3, 0.4) is 0 Å². The third kappa shape index (κ3) is 4.47. The Morgan fingerprint density at radius 1 is 0.971 bits per heavy atom. The van der Waals surface area contributed by atoms with Crippen molar-refractivity contribution in [3.8, 4) is 0 Å². The fourth-order valence-corrected chi connectivity index (χ4v) is 6.42. The number of piperidine rings is 1. The number of para-hydroxylation sites is 1. The molecule has 34 heavy (non-hydrogen) atoms. The number of ether oxygens (including phenoxy) is 1. The van der Waals surface area contributed by atoms with Crippen molar-refractivity contribution >= 4 is 23.6 Å². The summed E-state index contributed by atoms with van der Waals surface area (Å²) < 4.78 is 5.59. The standard InChI is InChI=1S/C27H37N3O4/c31-24(21-8-2-1-3-9-21)34-19-29-16-12-20(13-17-29)18-28-26(33)30-23-11-5-4-10-22(23)27(25(30)32)14-6-7-15-27/h4-5,10-11,20-21H,1-3,6-9,12-19H2,(H,28,33). The molecule has 184 valence electrons. The number of benzene rings is 1. The average Bonchev–Trinajstić information content (AvgIpc) is 3.47. The normalized spacial score (nSPS) is 23.3. The van der Waals surface area contributed by atoms with Gasteiger partial charge in [0.05, 0.1) is 17.0 Å². The van der Waals surface area contributed by atoms with Gasteiger partial charge in [-0.2, -0.15) is 0 Å². The Morgan fingerprint density at radius 2 is 1.68 bits per heavy atom. The summed E-state index contributed by atoms with van der Waals surface area (Å²) in [6, 6.07) is 7.48. The number of nitrogens with one attached hydrogen (secondary N) is 1. The molecule has 0 bridgehead atoms. The molecule has 1 aromatic rings. The molecule has 2 aliphatic carbocycles. The van der Waals surface area contributed by atoms with Crippen LogP contribution in [0.2, 0.25) is 0 Å². The number of carbonyl (C=O) groups is 3. The van der Waals surface area contributed by atoms with E-state index in [0.717, 1.165) is 88.5 Å². The predicted molar refractivity (Wildman–Crippen MR) is 129 cm³/mol. The molecular formula is C27H37N3O4. The first-order valence-corrected chi connectivity index (χ1v) is 13.2. The third-order valence-electron chi connectivity index (χ3n) is 8.51. The van der Waals surface area contributed by atoms with Gasteiger partial charge in [-0.05, 0) is 56.1 Å². The fourth-order valence-electron chi connectivity index (χ4n) is 6.42. The molecule has 1 spiro atoms. The number of hydrogen-bond donors (Lipinski definition) is 1. The van der Waals surface area contributed by atoms with E-state index in [-0.39, 0.29) is 23.8 Å². The van der Waals surface area contributed by atoms with E-state index in [2.05, 4.69) is 10.2 Å².